The van der Waals surface area contributed by atoms with Crippen LogP contribution in [0.25, 0.3) is 0 Å². The van der Waals surface area contributed by atoms with E-state index in [0.29, 0.717) is 0 Å². The number of rotatable bonds is 5. The molecule has 0 aliphatic rings. The number of aromatic nitrogens is 3. The second-order valence-electron chi connectivity index (χ2n) is 3.08. The average Bonchev–Trinajstić information content (AvgIpc) is 2.25. The fourth-order valence-corrected chi connectivity index (χ4v) is 1.25. The van der Waals surface area contributed by atoms with Crippen LogP contribution in [0, 0.1) is 0 Å². The van der Waals surface area contributed by atoms with E-state index in [1.165, 1.54) is 0 Å². The van der Waals surface area contributed by atoms with Gasteiger partial charge in [-0.15, -0.1) is 0 Å². The average molecular weight is 269 g/mol. The van der Waals surface area contributed by atoms with Gasteiger partial charge in [0.05, 0.1) is 19.8 Å². The molecule has 7 nitrogen and oxygen atoms in total. The molecular formula is C7H10Cl2N4O3. The first-order valence-corrected chi connectivity index (χ1v) is 4.98. The largest absolute Gasteiger partial charge is 0.394 e. The second kappa shape index (κ2) is 5.55. The molecule has 4 N–H and O–H groups in total. The number of nitrogens with zero attached hydrogens (tertiary/aromatic N) is 3. The van der Waals surface area contributed by atoms with Crippen molar-refractivity contribution in [3.63, 3.8) is 0 Å². The van der Waals surface area contributed by atoms with E-state index in [2.05, 4.69) is 20.3 Å². The summed E-state index contributed by atoms with van der Waals surface area (Å²) >= 11 is 11.1. The quantitative estimate of drug-likeness (QED) is 0.559. The fraction of sp³-hybridized carbons (Fsp3) is 0.571. The SMILES string of the molecule is OCC(CO)(CO)Nc1nc(Cl)nc(Cl)n1. The van der Waals surface area contributed by atoms with Gasteiger partial charge >= 0.3 is 0 Å². The minimum absolute atomic E-state index is 0.0397. The number of hydrogen-bond acceptors (Lipinski definition) is 7. The molecule has 1 aromatic rings. The van der Waals surface area contributed by atoms with Crippen LogP contribution in [0.1, 0.15) is 0 Å². The molecule has 0 unspecified atom stereocenters. The number of halogens is 2. The van der Waals surface area contributed by atoms with E-state index in [9.17, 15) is 0 Å². The van der Waals surface area contributed by atoms with Gasteiger partial charge in [-0.3, -0.25) is 0 Å². The van der Waals surface area contributed by atoms with E-state index in [1.54, 1.807) is 0 Å². The Labute approximate surface area is 101 Å². The van der Waals surface area contributed by atoms with Gasteiger partial charge < -0.3 is 20.6 Å². The van der Waals surface area contributed by atoms with Gasteiger partial charge in [-0.05, 0) is 23.2 Å². The van der Waals surface area contributed by atoms with Gasteiger partial charge in [0.25, 0.3) is 0 Å². The summed E-state index contributed by atoms with van der Waals surface area (Å²) in [6, 6.07) is 0. The first kappa shape index (κ1) is 13.3. The van der Waals surface area contributed by atoms with Gasteiger partial charge in [0, 0.05) is 0 Å². The van der Waals surface area contributed by atoms with E-state index < -0.39 is 25.4 Å². The highest BCUT2D eigenvalue weighted by Gasteiger charge is 2.29. The molecule has 16 heavy (non-hydrogen) atoms. The normalized spacial score (nSPS) is 11.6. The van der Waals surface area contributed by atoms with Gasteiger partial charge in [-0.1, -0.05) is 0 Å². The Morgan fingerprint density at radius 2 is 1.38 bits per heavy atom. The van der Waals surface area contributed by atoms with Gasteiger partial charge in [0.1, 0.15) is 5.54 Å². The maximum absolute atomic E-state index is 9.06. The van der Waals surface area contributed by atoms with E-state index in [1.807, 2.05) is 0 Å². The number of hydrogen-bond donors (Lipinski definition) is 4. The van der Waals surface area contributed by atoms with Crippen LogP contribution in [0.4, 0.5) is 5.95 Å². The van der Waals surface area contributed by atoms with Crippen LogP contribution in [0.15, 0.2) is 0 Å². The van der Waals surface area contributed by atoms with Crippen molar-refractivity contribution >= 4 is 29.2 Å². The summed E-state index contributed by atoms with van der Waals surface area (Å²) in [5, 5.41) is 29.4. The Hall–Kier alpha value is -0.730. The number of aliphatic hydroxyl groups excluding tert-OH is 3. The molecule has 0 aromatic carbocycles. The Morgan fingerprint density at radius 3 is 1.75 bits per heavy atom. The number of anilines is 1. The van der Waals surface area contributed by atoms with Crippen molar-refractivity contribution in [1.29, 1.82) is 0 Å². The van der Waals surface area contributed by atoms with Crippen LogP contribution in [0.3, 0.4) is 0 Å². The minimum atomic E-state index is -1.34. The van der Waals surface area contributed by atoms with Crippen molar-refractivity contribution in [2.45, 2.75) is 5.54 Å². The lowest BCUT2D eigenvalue weighted by Gasteiger charge is -2.28. The molecule has 1 aromatic heterocycles. The highest BCUT2D eigenvalue weighted by molar-refractivity contribution is 6.31. The fourth-order valence-electron chi connectivity index (χ4n) is 0.888. The van der Waals surface area contributed by atoms with Crippen molar-refractivity contribution in [2.75, 3.05) is 25.1 Å². The van der Waals surface area contributed by atoms with E-state index in [-0.39, 0.29) is 16.5 Å². The van der Waals surface area contributed by atoms with Crippen LogP contribution in [-0.4, -0.2) is 55.6 Å². The van der Waals surface area contributed by atoms with Crippen LogP contribution < -0.4 is 5.32 Å². The lowest BCUT2D eigenvalue weighted by molar-refractivity contribution is 0.0828. The van der Waals surface area contributed by atoms with Crippen LogP contribution >= 0.6 is 23.2 Å². The molecule has 9 heteroatoms. The lowest BCUT2D eigenvalue weighted by Crippen LogP contribution is -2.49. The standard InChI is InChI=1S/C7H10Cl2N4O3/c8-4-10-5(9)12-6(11-4)13-7(1-14,2-15)3-16/h14-16H,1-3H2,(H,10,11,12,13). The zero-order valence-corrected chi connectivity index (χ0v) is 9.57. The molecule has 0 saturated carbocycles. The van der Waals surface area contributed by atoms with Crippen molar-refractivity contribution in [1.82, 2.24) is 15.0 Å². The summed E-state index contributed by atoms with van der Waals surface area (Å²) in [4.78, 5) is 10.9. The van der Waals surface area contributed by atoms with Crippen molar-refractivity contribution in [3.05, 3.63) is 10.6 Å². The minimum Gasteiger partial charge on any atom is -0.394 e. The third-order valence-electron chi connectivity index (χ3n) is 1.87. The summed E-state index contributed by atoms with van der Waals surface area (Å²) in [6.45, 7) is -1.54. The topological polar surface area (TPSA) is 111 Å². The molecule has 0 bridgehead atoms. The molecule has 90 valence electrons. The molecule has 0 spiro atoms. The van der Waals surface area contributed by atoms with Crippen molar-refractivity contribution in [2.24, 2.45) is 0 Å². The Balaban J connectivity index is 2.93. The monoisotopic (exact) mass is 268 g/mol. The van der Waals surface area contributed by atoms with E-state index in [0.717, 1.165) is 0 Å². The maximum Gasteiger partial charge on any atom is 0.228 e. The summed E-state index contributed by atoms with van der Waals surface area (Å²) in [5.41, 5.74) is -1.34. The van der Waals surface area contributed by atoms with Crippen LogP contribution in [-0.2, 0) is 0 Å². The molecule has 0 aliphatic carbocycles. The van der Waals surface area contributed by atoms with E-state index >= 15 is 0 Å². The van der Waals surface area contributed by atoms with Gasteiger partial charge in [0.15, 0.2) is 0 Å². The van der Waals surface area contributed by atoms with Crippen LogP contribution in [0.5, 0.6) is 0 Å². The molecule has 0 atom stereocenters. The van der Waals surface area contributed by atoms with Crippen LogP contribution in [0.2, 0.25) is 10.6 Å². The highest BCUT2D eigenvalue weighted by atomic mass is 35.5. The summed E-state index contributed by atoms with van der Waals surface area (Å²) in [7, 11) is 0. The summed E-state index contributed by atoms with van der Waals surface area (Å²) in [6.07, 6.45) is 0. The molecular weight excluding hydrogens is 259 g/mol. The Bertz CT molecular complexity index is 333. The number of nitrogens with one attached hydrogen (secondary N) is 1. The molecule has 0 amide bonds. The second-order valence-corrected chi connectivity index (χ2v) is 3.75. The van der Waals surface area contributed by atoms with E-state index in [4.69, 9.17) is 38.5 Å². The van der Waals surface area contributed by atoms with Crippen molar-refractivity contribution < 1.29 is 15.3 Å². The molecule has 1 rings (SSSR count). The Morgan fingerprint density at radius 1 is 0.938 bits per heavy atom. The first-order valence-electron chi connectivity index (χ1n) is 4.23. The van der Waals surface area contributed by atoms with Gasteiger partial charge in [-0.25, -0.2) is 0 Å². The molecule has 0 aliphatic heterocycles. The third kappa shape index (κ3) is 3.13. The highest BCUT2D eigenvalue weighted by Crippen LogP contribution is 2.14. The Kier molecular flexibility index (Phi) is 4.63. The molecule has 0 saturated heterocycles. The third-order valence-corrected chi connectivity index (χ3v) is 2.20. The molecule has 0 fully saturated rings. The maximum atomic E-state index is 9.06. The summed E-state index contributed by atoms with van der Waals surface area (Å²) < 4.78 is 0. The first-order chi connectivity index (χ1) is 7.55. The lowest BCUT2D eigenvalue weighted by atomic mass is 10.0. The van der Waals surface area contributed by atoms with Gasteiger partial charge in [-0.2, -0.15) is 15.0 Å². The molecule has 0 radical (unpaired) electrons. The zero-order valence-electron chi connectivity index (χ0n) is 8.06. The zero-order chi connectivity index (χ0) is 12.2. The van der Waals surface area contributed by atoms with Gasteiger partial charge in [0.2, 0.25) is 16.5 Å². The predicted octanol–water partition coefficient (Wildman–Crippen LogP) is -0.694. The van der Waals surface area contributed by atoms with Crippen molar-refractivity contribution in [3.8, 4) is 0 Å². The smallest absolute Gasteiger partial charge is 0.228 e. The number of aliphatic hydroxyl groups is 3. The molecule has 1 heterocycles. The summed E-state index contributed by atoms with van der Waals surface area (Å²) in [5.74, 6) is -0.0397. The predicted molar refractivity (Wildman–Crippen MR) is 57.5 cm³/mol.